The summed E-state index contributed by atoms with van der Waals surface area (Å²) in [6.07, 6.45) is -4.67. The first-order valence-electron chi connectivity index (χ1n) is 12.7. The molecule has 0 radical (unpaired) electrons. The normalized spacial score (nSPS) is 11.5. The molecule has 4 rings (SSSR count). The molecule has 11 nitrogen and oxygen atoms in total. The molecule has 4 aromatic rings. The zero-order valence-corrected chi connectivity index (χ0v) is 23.4. The summed E-state index contributed by atoms with van der Waals surface area (Å²) in [5.74, 6) is -4.54. The van der Waals surface area contributed by atoms with Gasteiger partial charge in [0.1, 0.15) is 23.9 Å². The van der Waals surface area contributed by atoms with Crippen molar-refractivity contribution in [3.05, 3.63) is 100 Å². The Labute approximate surface area is 251 Å². The summed E-state index contributed by atoms with van der Waals surface area (Å²) in [6, 6.07) is 12.9. The second kappa shape index (κ2) is 14.2. The predicted molar refractivity (Wildman–Crippen MR) is 146 cm³/mol. The van der Waals surface area contributed by atoms with Crippen LogP contribution < -0.4 is 15.4 Å². The summed E-state index contributed by atoms with van der Waals surface area (Å²) < 4.78 is 67.2. The number of nitrogens with zero attached hydrogens (tertiary/aromatic N) is 3. The van der Waals surface area contributed by atoms with Gasteiger partial charge in [0.15, 0.2) is 11.4 Å². The number of hydrogen-bond donors (Lipinski definition) is 4. The summed E-state index contributed by atoms with van der Waals surface area (Å²) in [5, 5.41) is 30.4. The summed E-state index contributed by atoms with van der Waals surface area (Å²) in [5.41, 5.74) is 2.28. The molecule has 236 valence electrons. The van der Waals surface area contributed by atoms with Gasteiger partial charge in [0, 0.05) is 12.7 Å². The number of alkyl halides is 3. The standard InChI is InChI=1S/C27H23F2N5O4.C2HF3O2/c1-15-10-23(38-14-19-20(28)4-3-5-21(19)29)25-32-16(2)24(34(25)13-15)26(35)33-22(12-31-27(36)37)18-8-6-17(11-30)7-9-18;3-2(4,5)1(6)7/h3-10,13,22,31H,12,14H2,1-2H3,(H,33,35)(H,36,37);(H,6,7). The Balaban J connectivity index is 0.000000707. The molecule has 0 saturated heterocycles. The number of carboxylic acids is 1. The molecular weight excluding hydrogens is 609 g/mol. The predicted octanol–water partition coefficient (Wildman–Crippen LogP) is 5.05. The molecule has 45 heavy (non-hydrogen) atoms. The molecular formula is C29H24F5N5O6. The van der Waals surface area contributed by atoms with E-state index in [1.54, 1.807) is 50.4 Å². The van der Waals surface area contributed by atoms with Gasteiger partial charge in [-0.05, 0) is 55.3 Å². The van der Waals surface area contributed by atoms with Crippen molar-refractivity contribution in [2.75, 3.05) is 6.54 Å². The number of nitrogens with one attached hydrogen (secondary N) is 2. The van der Waals surface area contributed by atoms with E-state index in [1.807, 2.05) is 6.07 Å². The fourth-order valence-corrected chi connectivity index (χ4v) is 4.02. The number of carboxylic acid groups (broad SMARTS) is 2. The monoisotopic (exact) mass is 633 g/mol. The van der Waals surface area contributed by atoms with Gasteiger partial charge < -0.3 is 25.6 Å². The molecule has 2 amide bonds. The fraction of sp³-hybridized carbons (Fsp3) is 0.207. The fourth-order valence-electron chi connectivity index (χ4n) is 4.02. The minimum Gasteiger partial charge on any atom is -0.485 e. The van der Waals surface area contributed by atoms with Gasteiger partial charge in [-0.15, -0.1) is 0 Å². The van der Waals surface area contributed by atoms with E-state index < -0.39 is 41.8 Å². The van der Waals surface area contributed by atoms with Crippen molar-refractivity contribution in [2.45, 2.75) is 32.7 Å². The molecule has 2 aromatic carbocycles. The smallest absolute Gasteiger partial charge is 0.485 e. The number of aromatic nitrogens is 2. The highest BCUT2D eigenvalue weighted by Crippen LogP contribution is 2.26. The van der Waals surface area contributed by atoms with Gasteiger partial charge in [0.25, 0.3) is 5.91 Å². The molecule has 0 aliphatic heterocycles. The minimum atomic E-state index is -5.08. The lowest BCUT2D eigenvalue weighted by Crippen LogP contribution is -2.38. The van der Waals surface area contributed by atoms with Crippen molar-refractivity contribution < 1.29 is 51.3 Å². The van der Waals surface area contributed by atoms with Crippen LogP contribution in [0.3, 0.4) is 0 Å². The third kappa shape index (κ3) is 8.66. The largest absolute Gasteiger partial charge is 0.490 e. The molecule has 0 spiro atoms. The third-order valence-electron chi connectivity index (χ3n) is 6.09. The van der Waals surface area contributed by atoms with Crippen LogP contribution >= 0.6 is 0 Å². The van der Waals surface area contributed by atoms with Crippen molar-refractivity contribution in [3.8, 4) is 11.8 Å². The number of hydrogen-bond acceptors (Lipinski definition) is 6. The second-order valence-corrected chi connectivity index (χ2v) is 9.36. The van der Waals surface area contributed by atoms with Crippen molar-refractivity contribution in [3.63, 3.8) is 0 Å². The molecule has 0 aliphatic carbocycles. The SMILES string of the molecule is Cc1cc(OCc2c(F)cccc2F)c2nc(C)c(C(=O)NC(CNC(=O)O)c3ccc(C#N)cc3)n2c1.O=C(O)C(F)(F)F. The van der Waals surface area contributed by atoms with Crippen LogP contribution in [0.1, 0.15) is 44.5 Å². The van der Waals surface area contributed by atoms with Gasteiger partial charge in [-0.2, -0.15) is 18.4 Å². The Morgan fingerprint density at radius 1 is 1.07 bits per heavy atom. The van der Waals surface area contributed by atoms with Gasteiger partial charge in [-0.1, -0.05) is 18.2 Å². The van der Waals surface area contributed by atoms with Crippen molar-refractivity contribution in [1.29, 1.82) is 5.26 Å². The third-order valence-corrected chi connectivity index (χ3v) is 6.09. The molecule has 0 fully saturated rings. The zero-order chi connectivity index (χ0) is 33.5. The first-order valence-corrected chi connectivity index (χ1v) is 12.7. The Morgan fingerprint density at radius 2 is 1.67 bits per heavy atom. The topological polar surface area (TPSA) is 166 Å². The number of benzene rings is 2. The van der Waals surface area contributed by atoms with Crippen LogP contribution in [0.4, 0.5) is 26.7 Å². The Hall–Kier alpha value is -5.72. The number of aliphatic carboxylic acids is 1. The lowest BCUT2D eigenvalue weighted by Gasteiger charge is -2.19. The highest BCUT2D eigenvalue weighted by Gasteiger charge is 2.38. The quantitative estimate of drug-likeness (QED) is 0.196. The van der Waals surface area contributed by atoms with E-state index in [0.717, 1.165) is 12.1 Å². The van der Waals surface area contributed by atoms with Crippen LogP contribution in [0.2, 0.25) is 0 Å². The summed E-state index contributed by atoms with van der Waals surface area (Å²) in [4.78, 5) is 37.9. The van der Waals surface area contributed by atoms with Gasteiger partial charge in [-0.3, -0.25) is 9.20 Å². The molecule has 4 N–H and O–H groups in total. The lowest BCUT2D eigenvalue weighted by atomic mass is 10.0. The average molecular weight is 634 g/mol. The number of amides is 2. The number of carbonyl (C=O) groups is 3. The number of fused-ring (bicyclic) bond motifs is 1. The summed E-state index contributed by atoms with van der Waals surface area (Å²) in [6.45, 7) is 2.89. The van der Waals surface area contributed by atoms with Gasteiger partial charge in [0.2, 0.25) is 0 Å². The summed E-state index contributed by atoms with van der Waals surface area (Å²) >= 11 is 0. The second-order valence-electron chi connectivity index (χ2n) is 9.36. The first-order chi connectivity index (χ1) is 21.1. The minimum absolute atomic E-state index is 0.121. The van der Waals surface area contributed by atoms with Gasteiger partial charge in [0.05, 0.1) is 28.9 Å². The Kier molecular flexibility index (Phi) is 10.6. The highest BCUT2D eigenvalue weighted by atomic mass is 19.4. The molecule has 2 heterocycles. The molecule has 0 saturated carbocycles. The Morgan fingerprint density at radius 3 is 2.20 bits per heavy atom. The number of ether oxygens (including phenoxy) is 1. The van der Waals surface area contributed by atoms with E-state index in [-0.39, 0.29) is 35.8 Å². The molecule has 1 unspecified atom stereocenters. The van der Waals surface area contributed by atoms with Crippen LogP contribution in [0, 0.1) is 36.8 Å². The maximum absolute atomic E-state index is 14.1. The molecule has 16 heteroatoms. The Bertz CT molecular complexity index is 1750. The molecule has 1 atom stereocenters. The molecule has 0 bridgehead atoms. The van der Waals surface area contributed by atoms with Gasteiger partial charge >= 0.3 is 18.2 Å². The maximum Gasteiger partial charge on any atom is 0.490 e. The number of imidazole rings is 1. The average Bonchev–Trinajstić information content (AvgIpc) is 3.30. The van der Waals surface area contributed by atoms with E-state index in [1.165, 1.54) is 10.5 Å². The van der Waals surface area contributed by atoms with E-state index in [4.69, 9.17) is 25.0 Å². The van der Waals surface area contributed by atoms with Gasteiger partial charge in [-0.25, -0.2) is 23.4 Å². The number of halogens is 5. The molecule has 2 aromatic heterocycles. The van der Waals surface area contributed by atoms with Crippen LogP contribution in [0.5, 0.6) is 5.75 Å². The van der Waals surface area contributed by atoms with Crippen LogP contribution in [-0.4, -0.2) is 50.3 Å². The highest BCUT2D eigenvalue weighted by molar-refractivity contribution is 5.95. The maximum atomic E-state index is 14.1. The first kappa shape index (κ1) is 33.8. The number of carbonyl (C=O) groups excluding carboxylic acids is 1. The van der Waals surface area contributed by atoms with E-state index in [2.05, 4.69) is 15.6 Å². The van der Waals surface area contributed by atoms with Crippen LogP contribution in [0.25, 0.3) is 5.65 Å². The van der Waals surface area contributed by atoms with Crippen LogP contribution in [-0.2, 0) is 11.4 Å². The zero-order valence-electron chi connectivity index (χ0n) is 23.4. The van der Waals surface area contributed by atoms with Crippen molar-refractivity contribution in [2.24, 2.45) is 0 Å². The lowest BCUT2D eigenvalue weighted by molar-refractivity contribution is -0.192. The molecule has 0 aliphatic rings. The number of aryl methyl sites for hydroxylation is 2. The van der Waals surface area contributed by atoms with E-state index in [9.17, 15) is 31.5 Å². The summed E-state index contributed by atoms with van der Waals surface area (Å²) in [7, 11) is 0. The number of nitriles is 1. The number of pyridine rings is 1. The van der Waals surface area contributed by atoms with Crippen molar-refractivity contribution >= 4 is 23.6 Å². The number of rotatable bonds is 8. The van der Waals surface area contributed by atoms with Crippen molar-refractivity contribution in [1.82, 2.24) is 20.0 Å². The van der Waals surface area contributed by atoms with E-state index >= 15 is 0 Å². The van der Waals surface area contributed by atoms with Crippen LogP contribution in [0.15, 0.2) is 54.7 Å². The van der Waals surface area contributed by atoms with E-state index in [0.29, 0.717) is 22.4 Å².